The Hall–Kier alpha value is -1.29. The maximum atomic E-state index is 5.69. The third kappa shape index (κ3) is 2.64. The molecule has 16 heavy (non-hydrogen) atoms. The van der Waals surface area contributed by atoms with Crippen LogP contribution in [0.4, 0.5) is 11.5 Å². The Morgan fingerprint density at radius 1 is 1.31 bits per heavy atom. The summed E-state index contributed by atoms with van der Waals surface area (Å²) in [7, 11) is 0. The molecule has 0 unspecified atom stereocenters. The second kappa shape index (κ2) is 5.16. The van der Waals surface area contributed by atoms with Crippen LogP contribution in [0.3, 0.4) is 0 Å². The highest BCUT2D eigenvalue weighted by atomic mass is 15.3. The highest BCUT2D eigenvalue weighted by molar-refractivity contribution is 5.52. The average Bonchev–Trinajstić information content (AvgIpc) is 2.30. The quantitative estimate of drug-likeness (QED) is 0.831. The monoisotopic (exact) mass is 220 g/mol. The number of hydrogen-bond acceptors (Lipinski definition) is 4. The van der Waals surface area contributed by atoms with Gasteiger partial charge in [0.15, 0.2) is 0 Å². The molecule has 4 nitrogen and oxygen atoms in total. The van der Waals surface area contributed by atoms with E-state index in [2.05, 4.69) is 21.7 Å². The van der Waals surface area contributed by atoms with Crippen LogP contribution in [0, 0.1) is 0 Å². The molecule has 0 spiro atoms. The average molecular weight is 220 g/mol. The SMILES string of the molecule is CCCN1CCN(c2ccnc(N)c2)CC1. The van der Waals surface area contributed by atoms with E-state index in [1.807, 2.05) is 12.1 Å². The Morgan fingerprint density at radius 3 is 2.69 bits per heavy atom. The first-order chi connectivity index (χ1) is 7.79. The molecule has 1 aliphatic rings. The zero-order valence-electron chi connectivity index (χ0n) is 9.89. The fourth-order valence-electron chi connectivity index (χ4n) is 2.18. The van der Waals surface area contributed by atoms with Crippen LogP contribution in [-0.2, 0) is 0 Å². The molecule has 0 amide bonds. The van der Waals surface area contributed by atoms with E-state index in [1.54, 1.807) is 6.20 Å². The Bertz CT molecular complexity index is 332. The van der Waals surface area contributed by atoms with Gasteiger partial charge in [-0.3, -0.25) is 4.90 Å². The van der Waals surface area contributed by atoms with Crippen LogP contribution < -0.4 is 10.6 Å². The second-order valence-corrected chi connectivity index (χ2v) is 4.27. The van der Waals surface area contributed by atoms with Crippen LogP contribution >= 0.6 is 0 Å². The molecule has 0 radical (unpaired) electrons. The molecule has 0 atom stereocenters. The number of pyridine rings is 1. The first-order valence-corrected chi connectivity index (χ1v) is 5.98. The van der Waals surface area contributed by atoms with Gasteiger partial charge in [0.25, 0.3) is 0 Å². The molecule has 1 aliphatic heterocycles. The van der Waals surface area contributed by atoms with Crippen molar-refractivity contribution in [1.82, 2.24) is 9.88 Å². The van der Waals surface area contributed by atoms with Crippen molar-refractivity contribution in [2.45, 2.75) is 13.3 Å². The molecule has 1 fully saturated rings. The summed E-state index contributed by atoms with van der Waals surface area (Å²) in [6, 6.07) is 3.99. The summed E-state index contributed by atoms with van der Waals surface area (Å²) >= 11 is 0. The zero-order valence-corrected chi connectivity index (χ0v) is 9.89. The van der Waals surface area contributed by atoms with Crippen molar-refractivity contribution < 1.29 is 0 Å². The van der Waals surface area contributed by atoms with Gasteiger partial charge in [-0.25, -0.2) is 4.98 Å². The summed E-state index contributed by atoms with van der Waals surface area (Å²) < 4.78 is 0. The smallest absolute Gasteiger partial charge is 0.125 e. The van der Waals surface area contributed by atoms with Crippen molar-refractivity contribution in [3.05, 3.63) is 18.3 Å². The maximum absolute atomic E-state index is 5.69. The number of nitrogens with zero attached hydrogens (tertiary/aromatic N) is 3. The summed E-state index contributed by atoms with van der Waals surface area (Å²) in [5.41, 5.74) is 6.89. The van der Waals surface area contributed by atoms with E-state index in [4.69, 9.17) is 5.73 Å². The van der Waals surface area contributed by atoms with E-state index in [0.29, 0.717) is 5.82 Å². The van der Waals surface area contributed by atoms with Crippen LogP contribution in [0.2, 0.25) is 0 Å². The number of nitrogen functional groups attached to an aromatic ring is 1. The standard InChI is InChI=1S/C12H20N4/c1-2-5-15-6-8-16(9-7-15)11-3-4-14-12(13)10-11/h3-4,10H,2,5-9H2,1H3,(H2,13,14). The molecule has 2 rings (SSSR count). The van der Waals surface area contributed by atoms with E-state index in [0.717, 1.165) is 26.2 Å². The Morgan fingerprint density at radius 2 is 2.06 bits per heavy atom. The van der Waals surface area contributed by atoms with Gasteiger partial charge in [0.05, 0.1) is 0 Å². The number of nitrogens with two attached hydrogens (primary N) is 1. The number of anilines is 2. The molecule has 2 heterocycles. The van der Waals surface area contributed by atoms with Gasteiger partial charge in [-0.05, 0) is 19.0 Å². The molecule has 0 saturated carbocycles. The van der Waals surface area contributed by atoms with Gasteiger partial charge in [-0.15, -0.1) is 0 Å². The van der Waals surface area contributed by atoms with Crippen molar-refractivity contribution >= 4 is 11.5 Å². The minimum atomic E-state index is 0.605. The molecule has 4 heteroatoms. The van der Waals surface area contributed by atoms with Crippen LogP contribution in [0.15, 0.2) is 18.3 Å². The summed E-state index contributed by atoms with van der Waals surface area (Å²) in [6.07, 6.45) is 3.02. The van der Waals surface area contributed by atoms with E-state index in [1.165, 1.54) is 18.7 Å². The summed E-state index contributed by atoms with van der Waals surface area (Å²) in [4.78, 5) is 8.91. The third-order valence-electron chi connectivity index (χ3n) is 3.04. The van der Waals surface area contributed by atoms with Crippen LogP contribution in [0.5, 0.6) is 0 Å². The minimum Gasteiger partial charge on any atom is -0.384 e. The lowest BCUT2D eigenvalue weighted by atomic mass is 10.2. The lowest BCUT2D eigenvalue weighted by Gasteiger charge is -2.35. The van der Waals surface area contributed by atoms with E-state index >= 15 is 0 Å². The fraction of sp³-hybridized carbons (Fsp3) is 0.583. The van der Waals surface area contributed by atoms with Gasteiger partial charge in [0.2, 0.25) is 0 Å². The number of aromatic nitrogens is 1. The van der Waals surface area contributed by atoms with E-state index in [-0.39, 0.29) is 0 Å². The predicted octanol–water partition coefficient (Wildman–Crippen LogP) is 1.20. The van der Waals surface area contributed by atoms with Crippen LogP contribution in [-0.4, -0.2) is 42.6 Å². The van der Waals surface area contributed by atoms with Crippen molar-refractivity contribution in [2.75, 3.05) is 43.4 Å². The summed E-state index contributed by atoms with van der Waals surface area (Å²) in [6.45, 7) is 7.92. The third-order valence-corrected chi connectivity index (χ3v) is 3.04. The topological polar surface area (TPSA) is 45.4 Å². The Kier molecular flexibility index (Phi) is 3.62. The Balaban J connectivity index is 1.94. The molecule has 2 N–H and O–H groups in total. The molecule has 1 saturated heterocycles. The zero-order chi connectivity index (χ0) is 11.4. The first kappa shape index (κ1) is 11.2. The second-order valence-electron chi connectivity index (χ2n) is 4.27. The van der Waals surface area contributed by atoms with Gasteiger partial charge in [0, 0.05) is 44.1 Å². The lowest BCUT2D eigenvalue weighted by Crippen LogP contribution is -2.46. The minimum absolute atomic E-state index is 0.605. The normalized spacial score (nSPS) is 17.7. The highest BCUT2D eigenvalue weighted by Crippen LogP contribution is 2.17. The van der Waals surface area contributed by atoms with E-state index in [9.17, 15) is 0 Å². The summed E-state index contributed by atoms with van der Waals surface area (Å²) in [5, 5.41) is 0. The molecule has 0 aliphatic carbocycles. The molecule has 0 aromatic carbocycles. The predicted molar refractivity (Wildman–Crippen MR) is 67.6 cm³/mol. The maximum Gasteiger partial charge on any atom is 0.125 e. The van der Waals surface area contributed by atoms with Crippen molar-refractivity contribution in [2.24, 2.45) is 0 Å². The van der Waals surface area contributed by atoms with E-state index < -0.39 is 0 Å². The number of rotatable bonds is 3. The largest absolute Gasteiger partial charge is 0.384 e. The van der Waals surface area contributed by atoms with Gasteiger partial charge >= 0.3 is 0 Å². The van der Waals surface area contributed by atoms with Crippen LogP contribution in [0.1, 0.15) is 13.3 Å². The first-order valence-electron chi connectivity index (χ1n) is 5.98. The number of piperazine rings is 1. The molecule has 1 aromatic rings. The molecule has 0 bridgehead atoms. The van der Waals surface area contributed by atoms with Crippen molar-refractivity contribution in [3.8, 4) is 0 Å². The lowest BCUT2D eigenvalue weighted by molar-refractivity contribution is 0.258. The number of hydrogen-bond donors (Lipinski definition) is 1. The molecule has 1 aromatic heterocycles. The van der Waals surface area contributed by atoms with Gasteiger partial charge in [0.1, 0.15) is 5.82 Å². The molecule has 88 valence electrons. The fourth-order valence-corrected chi connectivity index (χ4v) is 2.18. The van der Waals surface area contributed by atoms with Gasteiger partial charge in [-0.2, -0.15) is 0 Å². The summed E-state index contributed by atoms with van der Waals surface area (Å²) in [5.74, 6) is 0.605. The van der Waals surface area contributed by atoms with Gasteiger partial charge < -0.3 is 10.6 Å². The van der Waals surface area contributed by atoms with Crippen LogP contribution in [0.25, 0.3) is 0 Å². The highest BCUT2D eigenvalue weighted by Gasteiger charge is 2.16. The van der Waals surface area contributed by atoms with Crippen molar-refractivity contribution in [3.63, 3.8) is 0 Å². The molecular formula is C12H20N4. The van der Waals surface area contributed by atoms with Gasteiger partial charge in [-0.1, -0.05) is 6.92 Å². The molecular weight excluding hydrogens is 200 g/mol. The Labute approximate surface area is 97.1 Å². The van der Waals surface area contributed by atoms with Crippen molar-refractivity contribution in [1.29, 1.82) is 0 Å².